The fraction of sp³-hybridized carbons (Fsp3) is 0.385. The van der Waals surface area contributed by atoms with Crippen LogP contribution in [0.2, 0.25) is 0 Å². The summed E-state index contributed by atoms with van der Waals surface area (Å²) in [5.74, 6) is 0.194. The second kappa shape index (κ2) is 4.89. The number of nitrogens with zero attached hydrogens (tertiary/aromatic N) is 1. The van der Waals surface area contributed by atoms with E-state index in [0.29, 0.717) is 17.1 Å². The molecule has 0 radical (unpaired) electrons. The summed E-state index contributed by atoms with van der Waals surface area (Å²) in [5, 5.41) is 2.74. The van der Waals surface area contributed by atoms with E-state index in [4.69, 9.17) is 10.5 Å². The summed E-state index contributed by atoms with van der Waals surface area (Å²) in [6.45, 7) is 3.31. The number of likely N-dealkylation sites (N-methyl/N-ethyl adjacent to an activating group) is 1. The van der Waals surface area contributed by atoms with Crippen molar-refractivity contribution in [3.8, 4) is 5.75 Å². The molecule has 102 valence electrons. The van der Waals surface area contributed by atoms with Gasteiger partial charge in [0, 0.05) is 12.7 Å². The quantitative estimate of drug-likeness (QED) is 0.823. The summed E-state index contributed by atoms with van der Waals surface area (Å²) in [6, 6.07) is 4.60. The lowest BCUT2D eigenvalue weighted by molar-refractivity contribution is -0.122. The Balaban J connectivity index is 2.29. The van der Waals surface area contributed by atoms with Crippen LogP contribution in [-0.4, -0.2) is 31.0 Å². The molecular formula is C13H17N3O3. The van der Waals surface area contributed by atoms with Crippen molar-refractivity contribution in [1.82, 2.24) is 0 Å². The van der Waals surface area contributed by atoms with Gasteiger partial charge in [-0.2, -0.15) is 0 Å². The summed E-state index contributed by atoms with van der Waals surface area (Å²) in [4.78, 5) is 24.8. The summed E-state index contributed by atoms with van der Waals surface area (Å²) < 4.78 is 5.45. The van der Waals surface area contributed by atoms with Crippen LogP contribution in [0.4, 0.5) is 11.4 Å². The van der Waals surface area contributed by atoms with Crippen molar-refractivity contribution >= 4 is 23.2 Å². The molecule has 2 atom stereocenters. The van der Waals surface area contributed by atoms with E-state index in [1.165, 1.54) is 4.90 Å². The molecule has 2 unspecified atom stereocenters. The van der Waals surface area contributed by atoms with Gasteiger partial charge in [-0.1, -0.05) is 0 Å². The maximum Gasteiger partial charge on any atom is 0.265 e. The number of fused-ring (bicyclic) bond motifs is 1. The minimum absolute atomic E-state index is 0.198. The van der Waals surface area contributed by atoms with Crippen LogP contribution in [0.1, 0.15) is 13.8 Å². The average molecular weight is 263 g/mol. The predicted molar refractivity (Wildman–Crippen MR) is 72.2 cm³/mol. The zero-order valence-corrected chi connectivity index (χ0v) is 11.1. The minimum Gasteiger partial charge on any atom is -0.479 e. The molecule has 3 N–H and O–H groups in total. The molecule has 1 aliphatic heterocycles. The van der Waals surface area contributed by atoms with Gasteiger partial charge in [-0.3, -0.25) is 9.59 Å². The molecule has 2 rings (SSSR count). The molecule has 0 spiro atoms. The second-order valence-electron chi connectivity index (χ2n) is 4.62. The van der Waals surface area contributed by atoms with Crippen LogP contribution in [0.5, 0.6) is 5.75 Å². The molecule has 1 aromatic carbocycles. The van der Waals surface area contributed by atoms with Gasteiger partial charge in [0.25, 0.3) is 5.91 Å². The van der Waals surface area contributed by atoms with E-state index >= 15 is 0 Å². The molecule has 1 heterocycles. The highest BCUT2D eigenvalue weighted by Gasteiger charge is 2.24. The van der Waals surface area contributed by atoms with E-state index in [1.54, 1.807) is 39.1 Å². The van der Waals surface area contributed by atoms with Gasteiger partial charge in [-0.15, -0.1) is 0 Å². The highest BCUT2D eigenvalue weighted by molar-refractivity contribution is 6.00. The molecular weight excluding hydrogens is 246 g/mol. The predicted octanol–water partition coefficient (Wildman–Crippen LogP) is 0.716. The van der Waals surface area contributed by atoms with Crippen LogP contribution in [0.25, 0.3) is 0 Å². The van der Waals surface area contributed by atoms with Gasteiger partial charge in [0.15, 0.2) is 6.10 Å². The Morgan fingerprint density at radius 2 is 2.21 bits per heavy atom. The number of carbonyl (C=O) groups is 2. The smallest absolute Gasteiger partial charge is 0.265 e. The molecule has 1 aromatic rings. The molecule has 1 aliphatic rings. The van der Waals surface area contributed by atoms with Crippen molar-refractivity contribution in [3.63, 3.8) is 0 Å². The van der Waals surface area contributed by atoms with Crippen molar-refractivity contribution in [3.05, 3.63) is 18.2 Å². The number of nitrogens with one attached hydrogen (secondary N) is 1. The van der Waals surface area contributed by atoms with E-state index in [0.717, 1.165) is 0 Å². The molecule has 6 nitrogen and oxygen atoms in total. The summed E-state index contributed by atoms with van der Waals surface area (Å²) in [6.07, 6.45) is -0.512. The number of carbonyl (C=O) groups excluding carboxylic acids is 2. The zero-order valence-electron chi connectivity index (χ0n) is 11.1. The first kappa shape index (κ1) is 13.4. The number of hydrogen-bond acceptors (Lipinski definition) is 4. The average Bonchev–Trinajstić information content (AvgIpc) is 2.37. The van der Waals surface area contributed by atoms with Crippen molar-refractivity contribution in [2.75, 3.05) is 17.3 Å². The third kappa shape index (κ3) is 2.53. The Morgan fingerprint density at radius 3 is 2.84 bits per heavy atom. The van der Waals surface area contributed by atoms with Crippen LogP contribution in [0.15, 0.2) is 18.2 Å². The molecule has 0 fully saturated rings. The normalized spacial score (nSPS) is 18.9. The highest BCUT2D eigenvalue weighted by Crippen LogP contribution is 2.33. The van der Waals surface area contributed by atoms with Crippen molar-refractivity contribution in [2.45, 2.75) is 26.0 Å². The third-order valence-electron chi connectivity index (χ3n) is 3.00. The monoisotopic (exact) mass is 263 g/mol. The minimum atomic E-state index is -0.577. The summed E-state index contributed by atoms with van der Waals surface area (Å²) in [7, 11) is 1.64. The standard InChI is InChI=1S/C13H17N3O3/c1-7(14)13(18)16(3)9-4-5-11-10(6-9)15-12(17)8(2)19-11/h4-8H,14H2,1-3H3,(H,15,17). The van der Waals surface area contributed by atoms with Crippen LogP contribution in [-0.2, 0) is 9.59 Å². The number of amides is 2. The van der Waals surface area contributed by atoms with E-state index in [-0.39, 0.29) is 11.8 Å². The van der Waals surface area contributed by atoms with Gasteiger partial charge < -0.3 is 20.7 Å². The number of benzene rings is 1. The lowest BCUT2D eigenvalue weighted by Crippen LogP contribution is -2.40. The fourth-order valence-corrected chi connectivity index (χ4v) is 1.84. The summed E-state index contributed by atoms with van der Waals surface area (Å²) in [5.41, 5.74) is 6.78. The van der Waals surface area contributed by atoms with Gasteiger partial charge in [0.1, 0.15) is 5.75 Å². The van der Waals surface area contributed by atoms with Gasteiger partial charge in [-0.05, 0) is 32.0 Å². The molecule has 2 amide bonds. The molecule has 0 aromatic heterocycles. The number of ether oxygens (including phenoxy) is 1. The maximum atomic E-state index is 11.8. The molecule has 0 aliphatic carbocycles. The molecule has 0 saturated heterocycles. The lowest BCUT2D eigenvalue weighted by atomic mass is 10.2. The summed E-state index contributed by atoms with van der Waals surface area (Å²) >= 11 is 0. The SMILES string of the molecule is CC(N)C(=O)N(C)c1ccc2c(c1)NC(=O)C(C)O2. The maximum absolute atomic E-state index is 11.8. The molecule has 0 bridgehead atoms. The van der Waals surface area contributed by atoms with Gasteiger partial charge >= 0.3 is 0 Å². The van der Waals surface area contributed by atoms with Gasteiger partial charge in [0.2, 0.25) is 5.91 Å². The molecule has 19 heavy (non-hydrogen) atoms. The highest BCUT2D eigenvalue weighted by atomic mass is 16.5. The van der Waals surface area contributed by atoms with E-state index in [1.807, 2.05) is 0 Å². The van der Waals surface area contributed by atoms with Crippen LogP contribution >= 0.6 is 0 Å². The van der Waals surface area contributed by atoms with E-state index in [2.05, 4.69) is 5.32 Å². The van der Waals surface area contributed by atoms with Crippen molar-refractivity contribution in [1.29, 1.82) is 0 Å². The Hall–Kier alpha value is -2.08. The second-order valence-corrected chi connectivity index (χ2v) is 4.62. The topological polar surface area (TPSA) is 84.7 Å². The zero-order chi connectivity index (χ0) is 14.2. The van der Waals surface area contributed by atoms with Crippen LogP contribution in [0, 0.1) is 0 Å². The van der Waals surface area contributed by atoms with Crippen LogP contribution in [0.3, 0.4) is 0 Å². The van der Waals surface area contributed by atoms with Gasteiger partial charge in [0.05, 0.1) is 11.7 Å². The first-order valence-corrected chi connectivity index (χ1v) is 6.05. The van der Waals surface area contributed by atoms with Crippen molar-refractivity contribution < 1.29 is 14.3 Å². The van der Waals surface area contributed by atoms with E-state index < -0.39 is 12.1 Å². The van der Waals surface area contributed by atoms with Crippen LogP contribution < -0.4 is 20.7 Å². The number of rotatable bonds is 2. The first-order valence-electron chi connectivity index (χ1n) is 6.05. The van der Waals surface area contributed by atoms with Gasteiger partial charge in [-0.25, -0.2) is 0 Å². The Morgan fingerprint density at radius 1 is 1.53 bits per heavy atom. The lowest BCUT2D eigenvalue weighted by Gasteiger charge is -2.26. The fourth-order valence-electron chi connectivity index (χ4n) is 1.84. The Labute approximate surface area is 111 Å². The largest absolute Gasteiger partial charge is 0.479 e. The Kier molecular flexibility index (Phi) is 3.44. The molecule has 0 saturated carbocycles. The third-order valence-corrected chi connectivity index (χ3v) is 3.00. The first-order chi connectivity index (χ1) is 8.90. The van der Waals surface area contributed by atoms with Crippen molar-refractivity contribution in [2.24, 2.45) is 5.73 Å². The Bertz CT molecular complexity index is 528. The molecule has 6 heteroatoms. The number of hydrogen-bond donors (Lipinski definition) is 2. The van der Waals surface area contributed by atoms with E-state index in [9.17, 15) is 9.59 Å². The number of nitrogens with two attached hydrogens (primary N) is 1. The number of anilines is 2.